The summed E-state index contributed by atoms with van der Waals surface area (Å²) in [6.07, 6.45) is 0.307. The third kappa shape index (κ3) is 4.46. The Balaban J connectivity index is 2.19. The normalized spacial score (nSPS) is 18.7. The molecule has 0 spiro atoms. The number of nitrogens with zero attached hydrogens (tertiary/aromatic N) is 2. The number of carbonyl (C=O) groups excluding carboxylic acids is 2. The van der Waals surface area contributed by atoms with E-state index in [4.69, 9.17) is 0 Å². The van der Waals surface area contributed by atoms with Crippen molar-refractivity contribution in [3.05, 3.63) is 35.6 Å². The molecular weight excluding hydrogens is 309 g/mol. The predicted octanol–water partition coefficient (Wildman–Crippen LogP) is 2.61. The smallest absolute Gasteiger partial charge is 0.317 e. The average molecular weight is 335 g/mol. The number of carbonyl (C=O) groups is 2. The first kappa shape index (κ1) is 18.2. The summed E-state index contributed by atoms with van der Waals surface area (Å²) in [6.45, 7) is 7.92. The maximum atomic E-state index is 13.1. The molecule has 1 aromatic rings. The molecule has 24 heavy (non-hydrogen) atoms. The minimum atomic E-state index is -0.288. The van der Waals surface area contributed by atoms with Crippen molar-refractivity contribution >= 4 is 11.9 Å². The van der Waals surface area contributed by atoms with Gasteiger partial charge in [0.15, 0.2) is 0 Å². The van der Waals surface area contributed by atoms with Crippen LogP contribution >= 0.6 is 0 Å². The van der Waals surface area contributed by atoms with Crippen LogP contribution in [-0.4, -0.2) is 47.4 Å². The van der Waals surface area contributed by atoms with Crippen LogP contribution in [0.25, 0.3) is 0 Å². The molecule has 1 aliphatic rings. The molecule has 0 aliphatic carbocycles. The maximum absolute atomic E-state index is 13.1. The summed E-state index contributed by atoms with van der Waals surface area (Å²) in [5, 5.41) is 2.80. The topological polar surface area (TPSA) is 52.7 Å². The molecular formula is C18H26FN3O2. The molecule has 0 unspecified atom stereocenters. The maximum Gasteiger partial charge on any atom is 0.317 e. The molecule has 1 aromatic carbocycles. The van der Waals surface area contributed by atoms with E-state index in [0.29, 0.717) is 32.6 Å². The molecule has 0 saturated carbocycles. The number of nitrogens with one attached hydrogen (secondary N) is 1. The Morgan fingerprint density at radius 1 is 1.33 bits per heavy atom. The quantitative estimate of drug-likeness (QED) is 0.919. The minimum absolute atomic E-state index is 0.0322. The van der Waals surface area contributed by atoms with Crippen molar-refractivity contribution in [3.63, 3.8) is 0 Å². The number of halogens is 1. The van der Waals surface area contributed by atoms with Gasteiger partial charge in [0.05, 0.1) is 6.04 Å². The largest absolute Gasteiger partial charge is 0.338 e. The number of benzene rings is 1. The Kier molecular flexibility index (Phi) is 6.17. The van der Waals surface area contributed by atoms with Gasteiger partial charge < -0.3 is 15.1 Å². The lowest BCUT2D eigenvalue weighted by molar-refractivity contribution is -0.134. The fourth-order valence-electron chi connectivity index (χ4n) is 2.98. The Bertz CT molecular complexity index is 574. The van der Waals surface area contributed by atoms with Gasteiger partial charge in [0.1, 0.15) is 5.82 Å². The first-order valence-corrected chi connectivity index (χ1v) is 8.49. The lowest BCUT2D eigenvalue weighted by Crippen LogP contribution is -2.49. The second-order valence-corrected chi connectivity index (χ2v) is 6.49. The highest BCUT2D eigenvalue weighted by molar-refractivity contribution is 5.80. The summed E-state index contributed by atoms with van der Waals surface area (Å²) in [6, 6.07) is 6.03. The van der Waals surface area contributed by atoms with E-state index >= 15 is 0 Å². The van der Waals surface area contributed by atoms with E-state index in [1.807, 2.05) is 11.8 Å². The molecule has 3 amide bonds. The summed E-state index contributed by atoms with van der Waals surface area (Å²) in [7, 11) is 0. The standard InChI is InChI=1S/C18H26FN3O2/c1-4-20-18(24)21-10-9-17(23)22(16(12-21)13(2)3)11-14-5-7-15(19)8-6-14/h5-8,13,16H,4,9-12H2,1-3H3,(H,20,24)/t16-/m0/s1. The summed E-state index contributed by atoms with van der Waals surface area (Å²) in [5.74, 6) is -0.0435. The number of hydrogen-bond donors (Lipinski definition) is 1. The monoisotopic (exact) mass is 335 g/mol. The number of rotatable bonds is 4. The van der Waals surface area contributed by atoms with Crippen molar-refractivity contribution < 1.29 is 14.0 Å². The van der Waals surface area contributed by atoms with Gasteiger partial charge in [-0.1, -0.05) is 26.0 Å². The molecule has 2 rings (SSSR count). The zero-order valence-electron chi connectivity index (χ0n) is 14.6. The van der Waals surface area contributed by atoms with E-state index in [1.165, 1.54) is 12.1 Å². The molecule has 6 heteroatoms. The van der Waals surface area contributed by atoms with Gasteiger partial charge in [-0.05, 0) is 30.5 Å². The van der Waals surface area contributed by atoms with E-state index in [-0.39, 0.29) is 29.7 Å². The van der Waals surface area contributed by atoms with Crippen LogP contribution in [0.2, 0.25) is 0 Å². The Hall–Kier alpha value is -2.11. The molecule has 0 aromatic heterocycles. The second-order valence-electron chi connectivity index (χ2n) is 6.49. The highest BCUT2D eigenvalue weighted by atomic mass is 19.1. The number of amides is 3. The van der Waals surface area contributed by atoms with E-state index in [9.17, 15) is 14.0 Å². The highest BCUT2D eigenvalue weighted by Crippen LogP contribution is 2.21. The van der Waals surface area contributed by atoms with Gasteiger partial charge in [-0.25, -0.2) is 9.18 Å². The minimum Gasteiger partial charge on any atom is -0.338 e. The van der Waals surface area contributed by atoms with E-state index in [0.717, 1.165) is 5.56 Å². The summed E-state index contributed by atoms with van der Waals surface area (Å²) in [4.78, 5) is 28.3. The molecule has 0 bridgehead atoms. The van der Waals surface area contributed by atoms with E-state index in [2.05, 4.69) is 19.2 Å². The summed E-state index contributed by atoms with van der Waals surface area (Å²) in [5.41, 5.74) is 0.891. The number of hydrogen-bond acceptors (Lipinski definition) is 2. The average Bonchev–Trinajstić information content (AvgIpc) is 2.70. The lowest BCUT2D eigenvalue weighted by atomic mass is 10.0. The first-order chi connectivity index (χ1) is 11.4. The molecule has 0 radical (unpaired) electrons. The predicted molar refractivity (Wildman–Crippen MR) is 90.8 cm³/mol. The highest BCUT2D eigenvalue weighted by Gasteiger charge is 2.33. The zero-order chi connectivity index (χ0) is 17.7. The molecule has 1 N–H and O–H groups in total. The van der Waals surface area contributed by atoms with Crippen LogP contribution in [0.5, 0.6) is 0 Å². The van der Waals surface area contributed by atoms with Gasteiger partial charge in [0, 0.05) is 32.6 Å². The molecule has 1 fully saturated rings. The second kappa shape index (κ2) is 8.13. The van der Waals surface area contributed by atoms with Crippen LogP contribution in [0.3, 0.4) is 0 Å². The Morgan fingerprint density at radius 2 is 2.00 bits per heavy atom. The molecule has 5 nitrogen and oxygen atoms in total. The zero-order valence-corrected chi connectivity index (χ0v) is 14.6. The molecule has 1 saturated heterocycles. The van der Waals surface area contributed by atoms with E-state index in [1.54, 1.807) is 17.0 Å². The third-order valence-corrected chi connectivity index (χ3v) is 4.37. The lowest BCUT2D eigenvalue weighted by Gasteiger charge is -2.34. The number of urea groups is 1. The molecule has 132 valence electrons. The van der Waals surface area contributed by atoms with Crippen molar-refractivity contribution in [1.82, 2.24) is 15.1 Å². The molecule has 1 aliphatic heterocycles. The third-order valence-electron chi connectivity index (χ3n) is 4.37. The Labute approximate surface area is 142 Å². The van der Waals surface area contributed by atoms with Crippen LogP contribution in [0.1, 0.15) is 32.8 Å². The van der Waals surface area contributed by atoms with Crippen LogP contribution in [0.4, 0.5) is 9.18 Å². The van der Waals surface area contributed by atoms with Crippen molar-refractivity contribution in [2.24, 2.45) is 5.92 Å². The van der Waals surface area contributed by atoms with Gasteiger partial charge in [-0.15, -0.1) is 0 Å². The SMILES string of the molecule is CCNC(=O)N1CCC(=O)N(Cc2ccc(F)cc2)[C@H](C(C)C)C1. The van der Waals surface area contributed by atoms with Crippen molar-refractivity contribution in [3.8, 4) is 0 Å². The van der Waals surface area contributed by atoms with E-state index < -0.39 is 0 Å². The van der Waals surface area contributed by atoms with Gasteiger partial charge in [0.25, 0.3) is 0 Å². The van der Waals surface area contributed by atoms with Gasteiger partial charge >= 0.3 is 6.03 Å². The van der Waals surface area contributed by atoms with Gasteiger partial charge in [-0.2, -0.15) is 0 Å². The summed E-state index contributed by atoms with van der Waals surface area (Å²) < 4.78 is 13.1. The molecule has 1 atom stereocenters. The molecule has 1 heterocycles. The van der Waals surface area contributed by atoms with Crippen LogP contribution < -0.4 is 5.32 Å². The van der Waals surface area contributed by atoms with Crippen LogP contribution in [0.15, 0.2) is 24.3 Å². The van der Waals surface area contributed by atoms with Crippen molar-refractivity contribution in [2.45, 2.75) is 39.8 Å². The van der Waals surface area contributed by atoms with Gasteiger partial charge in [0.2, 0.25) is 5.91 Å². The Morgan fingerprint density at radius 3 is 2.58 bits per heavy atom. The fourth-order valence-corrected chi connectivity index (χ4v) is 2.98. The van der Waals surface area contributed by atoms with Crippen molar-refractivity contribution in [2.75, 3.05) is 19.6 Å². The fraction of sp³-hybridized carbons (Fsp3) is 0.556. The summed E-state index contributed by atoms with van der Waals surface area (Å²) >= 11 is 0. The van der Waals surface area contributed by atoms with Crippen molar-refractivity contribution in [1.29, 1.82) is 0 Å². The van der Waals surface area contributed by atoms with Gasteiger partial charge in [-0.3, -0.25) is 4.79 Å². The van der Waals surface area contributed by atoms with Crippen LogP contribution in [-0.2, 0) is 11.3 Å². The van der Waals surface area contributed by atoms with Crippen LogP contribution in [0, 0.1) is 11.7 Å². The first-order valence-electron chi connectivity index (χ1n) is 8.49.